The Bertz CT molecular complexity index is 536. The molecule has 222 valence electrons. The summed E-state index contributed by atoms with van der Waals surface area (Å²) in [7, 11) is 0. The van der Waals surface area contributed by atoms with Gasteiger partial charge in [0.2, 0.25) is 0 Å². The van der Waals surface area contributed by atoms with Crippen molar-refractivity contribution in [3.63, 3.8) is 0 Å². The monoisotopic (exact) mass is 534 g/mol. The molecule has 0 aromatic rings. The van der Waals surface area contributed by atoms with Gasteiger partial charge in [0, 0.05) is 62.7 Å². The van der Waals surface area contributed by atoms with E-state index in [-0.39, 0.29) is 12.8 Å². The molecule has 4 aliphatic rings. The number of hydrogen-bond acceptors (Lipinski definition) is 6. The van der Waals surface area contributed by atoms with Gasteiger partial charge in [0.25, 0.3) is 5.92 Å². The van der Waals surface area contributed by atoms with Crippen LogP contribution in [0.2, 0.25) is 0 Å². The van der Waals surface area contributed by atoms with Crippen molar-refractivity contribution in [2.75, 3.05) is 59.2 Å². The zero-order valence-corrected chi connectivity index (χ0v) is 25.4. The molecule has 4 fully saturated rings. The molecule has 4 aliphatic heterocycles. The molecule has 8 heteroatoms. The molecule has 6 nitrogen and oxygen atoms in total. The summed E-state index contributed by atoms with van der Waals surface area (Å²) in [5, 5.41) is 8.94. The standard InChI is InChI=1S/C8H15F2N.C8H17NO.C7H15N.C6H13NO/c1-7(2)11-5-3-8(9,10)4-6-11;1-7(2)9-5-3-4-8(9)6-10;1-7(2)8-5-3-4-6-8;1-6(2)7-3-4-8-5-7/h7H,3-6H2,1-2H3;7-8,10H,3-6H2,1-2H3;7H,3-6H2,1-2H3;6H,3-5H2,1-2H3/t;8-;;/m.1../s1. The molecule has 0 saturated carbocycles. The molecule has 1 atom stereocenters. The van der Waals surface area contributed by atoms with Gasteiger partial charge in [-0.25, -0.2) is 8.78 Å². The summed E-state index contributed by atoms with van der Waals surface area (Å²) < 4.78 is 30.4. The van der Waals surface area contributed by atoms with Crippen LogP contribution in [0.4, 0.5) is 8.78 Å². The van der Waals surface area contributed by atoms with Gasteiger partial charge in [-0.2, -0.15) is 0 Å². The lowest BCUT2D eigenvalue weighted by molar-refractivity contribution is -0.0603. The number of ether oxygens (including phenoxy) is 1. The molecule has 0 aromatic heterocycles. The van der Waals surface area contributed by atoms with E-state index in [1.54, 1.807) is 0 Å². The zero-order chi connectivity index (χ0) is 28.0. The molecule has 4 heterocycles. The molecule has 0 radical (unpaired) electrons. The van der Waals surface area contributed by atoms with Crippen molar-refractivity contribution in [1.82, 2.24) is 19.6 Å². The number of aliphatic hydroxyl groups excluding tert-OH is 1. The van der Waals surface area contributed by atoms with Gasteiger partial charge >= 0.3 is 0 Å². The number of halogens is 2. The van der Waals surface area contributed by atoms with Crippen molar-refractivity contribution in [2.45, 2.75) is 130 Å². The molecule has 0 unspecified atom stereocenters. The van der Waals surface area contributed by atoms with Crippen molar-refractivity contribution in [2.24, 2.45) is 0 Å². The van der Waals surface area contributed by atoms with Crippen LogP contribution in [0.3, 0.4) is 0 Å². The summed E-state index contributed by atoms with van der Waals surface area (Å²) in [6, 6.07) is 2.88. The van der Waals surface area contributed by atoms with Crippen LogP contribution in [-0.4, -0.2) is 120 Å². The highest BCUT2D eigenvalue weighted by atomic mass is 19.3. The molecule has 0 bridgehead atoms. The van der Waals surface area contributed by atoms with Crippen molar-refractivity contribution in [3.8, 4) is 0 Å². The number of nitrogens with zero attached hydrogens (tertiary/aromatic N) is 4. The van der Waals surface area contributed by atoms with Gasteiger partial charge in [-0.05, 0) is 101 Å². The summed E-state index contributed by atoms with van der Waals surface area (Å²) >= 11 is 0. The summed E-state index contributed by atoms with van der Waals surface area (Å²) in [4.78, 5) is 9.30. The van der Waals surface area contributed by atoms with Gasteiger partial charge in [0.05, 0.1) is 19.9 Å². The van der Waals surface area contributed by atoms with E-state index in [0.717, 1.165) is 25.9 Å². The van der Waals surface area contributed by atoms with Gasteiger partial charge < -0.3 is 19.6 Å². The van der Waals surface area contributed by atoms with E-state index in [9.17, 15) is 8.78 Å². The zero-order valence-electron chi connectivity index (χ0n) is 25.4. The molecule has 4 rings (SSSR count). The number of rotatable bonds is 5. The predicted octanol–water partition coefficient (Wildman–Crippen LogP) is 5.15. The average molecular weight is 535 g/mol. The SMILES string of the molecule is CC(C)N1CCC(F)(F)CC1.CC(C)N1CCCC1.CC(C)N1CCC[C@@H]1CO.CC(C)N1CCOC1. The van der Waals surface area contributed by atoms with E-state index in [1.807, 2.05) is 13.8 Å². The molecular formula is C29H60F2N4O2. The first-order valence-corrected chi connectivity index (χ1v) is 14.9. The smallest absolute Gasteiger partial charge is 0.250 e. The Kier molecular flexibility index (Phi) is 16.9. The Balaban J connectivity index is 0.000000249. The second-order valence-corrected chi connectivity index (χ2v) is 12.1. The molecule has 0 aliphatic carbocycles. The van der Waals surface area contributed by atoms with Crippen molar-refractivity contribution in [3.05, 3.63) is 0 Å². The first-order valence-electron chi connectivity index (χ1n) is 14.9. The highest BCUT2D eigenvalue weighted by Crippen LogP contribution is 2.28. The molecular weight excluding hydrogens is 474 g/mol. The molecule has 0 amide bonds. The highest BCUT2D eigenvalue weighted by Gasteiger charge is 2.34. The second kappa shape index (κ2) is 18.1. The van der Waals surface area contributed by atoms with Gasteiger partial charge in [-0.1, -0.05) is 0 Å². The molecule has 1 N–H and O–H groups in total. The molecule has 4 saturated heterocycles. The third-order valence-corrected chi connectivity index (χ3v) is 7.94. The van der Waals surface area contributed by atoms with Gasteiger partial charge in [-0.15, -0.1) is 0 Å². The van der Waals surface area contributed by atoms with Crippen LogP contribution < -0.4 is 0 Å². The first-order chi connectivity index (χ1) is 17.4. The first kappa shape index (κ1) is 34.6. The van der Waals surface area contributed by atoms with E-state index in [2.05, 4.69) is 61.1 Å². The van der Waals surface area contributed by atoms with Crippen molar-refractivity contribution in [1.29, 1.82) is 0 Å². The fourth-order valence-electron chi connectivity index (χ4n) is 5.19. The number of hydrogen-bond donors (Lipinski definition) is 1. The Morgan fingerprint density at radius 3 is 1.54 bits per heavy atom. The quantitative estimate of drug-likeness (QED) is 0.526. The lowest BCUT2D eigenvalue weighted by Crippen LogP contribution is -2.42. The Morgan fingerprint density at radius 2 is 1.22 bits per heavy atom. The Morgan fingerprint density at radius 1 is 0.703 bits per heavy atom. The number of piperidine rings is 1. The molecule has 0 aromatic carbocycles. The van der Waals surface area contributed by atoms with Crippen molar-refractivity contribution >= 4 is 0 Å². The lowest BCUT2D eigenvalue weighted by Gasteiger charge is -2.34. The average Bonchev–Trinajstić information content (AvgIpc) is 3.62. The second-order valence-electron chi connectivity index (χ2n) is 12.1. The third kappa shape index (κ3) is 14.0. The molecule has 0 spiro atoms. The topological polar surface area (TPSA) is 42.4 Å². The van der Waals surface area contributed by atoms with Crippen LogP contribution in [0.1, 0.15) is 93.9 Å². The molecule has 37 heavy (non-hydrogen) atoms. The van der Waals surface area contributed by atoms with Crippen LogP contribution in [0.25, 0.3) is 0 Å². The Labute approximate surface area is 227 Å². The minimum atomic E-state index is -2.40. The van der Waals surface area contributed by atoms with E-state index in [4.69, 9.17) is 9.84 Å². The summed E-state index contributed by atoms with van der Waals surface area (Å²) in [5.74, 6) is -2.40. The van der Waals surface area contributed by atoms with Crippen LogP contribution >= 0.6 is 0 Å². The van der Waals surface area contributed by atoms with Crippen LogP contribution in [0, 0.1) is 0 Å². The van der Waals surface area contributed by atoms with E-state index < -0.39 is 5.92 Å². The van der Waals surface area contributed by atoms with Crippen LogP contribution in [0.15, 0.2) is 0 Å². The van der Waals surface area contributed by atoms with Crippen molar-refractivity contribution < 1.29 is 18.6 Å². The predicted molar refractivity (Wildman–Crippen MR) is 151 cm³/mol. The summed E-state index contributed by atoms with van der Waals surface area (Å²) in [6.45, 7) is 25.5. The maximum atomic E-state index is 12.6. The number of alkyl halides is 2. The third-order valence-electron chi connectivity index (χ3n) is 7.94. The normalized spacial score (nSPS) is 25.2. The van der Waals surface area contributed by atoms with Gasteiger partial charge in [0.1, 0.15) is 0 Å². The van der Waals surface area contributed by atoms with Gasteiger partial charge in [0.15, 0.2) is 0 Å². The van der Waals surface area contributed by atoms with E-state index in [0.29, 0.717) is 43.9 Å². The summed E-state index contributed by atoms with van der Waals surface area (Å²) in [5.41, 5.74) is 0. The lowest BCUT2D eigenvalue weighted by atomic mass is 10.1. The number of aliphatic hydroxyl groups is 1. The maximum Gasteiger partial charge on any atom is 0.250 e. The minimum absolute atomic E-state index is 0.0329. The van der Waals surface area contributed by atoms with E-state index in [1.165, 1.54) is 45.3 Å². The largest absolute Gasteiger partial charge is 0.395 e. The summed E-state index contributed by atoms with van der Waals surface area (Å²) in [6.07, 6.45) is 5.32. The Hall–Kier alpha value is -0.380. The van der Waals surface area contributed by atoms with Gasteiger partial charge in [-0.3, -0.25) is 9.80 Å². The minimum Gasteiger partial charge on any atom is -0.395 e. The number of likely N-dealkylation sites (tertiary alicyclic amines) is 3. The fraction of sp³-hybridized carbons (Fsp3) is 1.00. The fourth-order valence-corrected chi connectivity index (χ4v) is 5.19. The van der Waals surface area contributed by atoms with Crippen LogP contribution in [-0.2, 0) is 4.74 Å². The highest BCUT2D eigenvalue weighted by molar-refractivity contribution is 4.80. The maximum absolute atomic E-state index is 12.6. The van der Waals surface area contributed by atoms with Crippen LogP contribution in [0.5, 0.6) is 0 Å². The van der Waals surface area contributed by atoms with E-state index >= 15 is 0 Å².